The van der Waals surface area contributed by atoms with E-state index in [-0.39, 0.29) is 0 Å². The zero-order chi connectivity index (χ0) is 44.3. The Morgan fingerprint density at radius 1 is 0.284 bits per heavy atom. The fourth-order valence-electron chi connectivity index (χ4n) is 10.1. The quantitative estimate of drug-likeness (QED) is 0.152. The molecule has 0 aliphatic rings. The predicted molar refractivity (Wildman–Crippen MR) is 282 cm³/mol. The van der Waals surface area contributed by atoms with Crippen molar-refractivity contribution in [1.82, 2.24) is 4.57 Å². The zero-order valence-electron chi connectivity index (χ0n) is 36.6. The maximum absolute atomic E-state index is 6.56. The number of furan rings is 1. The molecule has 11 aromatic carbocycles. The van der Waals surface area contributed by atoms with E-state index in [0.29, 0.717) is 0 Å². The van der Waals surface area contributed by atoms with E-state index in [9.17, 15) is 0 Å². The molecule has 0 spiro atoms. The van der Waals surface area contributed by atoms with Crippen molar-refractivity contribution in [1.29, 1.82) is 0 Å². The number of rotatable bonds is 8. The molecule has 0 radical (unpaired) electrons. The van der Waals surface area contributed by atoms with E-state index in [1.807, 2.05) is 0 Å². The molecule has 13 rings (SSSR count). The lowest BCUT2D eigenvalue weighted by molar-refractivity contribution is 0.669. The predicted octanol–water partition coefficient (Wildman–Crippen LogP) is 18.0. The van der Waals surface area contributed by atoms with E-state index in [2.05, 4.69) is 264 Å². The average molecular weight is 855 g/mol. The van der Waals surface area contributed by atoms with Gasteiger partial charge in [-0.05, 0) is 128 Å². The molecule has 0 atom stereocenters. The first-order valence-corrected chi connectivity index (χ1v) is 22.9. The molecule has 3 heteroatoms. The van der Waals surface area contributed by atoms with Gasteiger partial charge in [-0.1, -0.05) is 176 Å². The number of aromatic nitrogens is 1. The van der Waals surface area contributed by atoms with Crippen LogP contribution in [0.2, 0.25) is 0 Å². The van der Waals surface area contributed by atoms with Gasteiger partial charge in [0.2, 0.25) is 0 Å². The topological polar surface area (TPSA) is 21.3 Å². The molecule has 0 amide bonds. The monoisotopic (exact) mass is 854 g/mol. The van der Waals surface area contributed by atoms with Gasteiger partial charge in [-0.2, -0.15) is 0 Å². The van der Waals surface area contributed by atoms with Crippen molar-refractivity contribution in [2.24, 2.45) is 0 Å². The second kappa shape index (κ2) is 16.0. The van der Waals surface area contributed by atoms with Gasteiger partial charge in [0.15, 0.2) is 0 Å². The molecule has 0 aliphatic carbocycles. The minimum absolute atomic E-state index is 0.867. The zero-order valence-corrected chi connectivity index (χ0v) is 36.6. The third-order valence-corrected chi connectivity index (χ3v) is 13.4. The molecule has 0 aliphatic heterocycles. The van der Waals surface area contributed by atoms with E-state index in [1.165, 1.54) is 77.2 Å². The summed E-state index contributed by atoms with van der Waals surface area (Å²) in [6, 6.07) is 91.7. The van der Waals surface area contributed by atoms with Crippen LogP contribution in [0.4, 0.5) is 17.1 Å². The van der Waals surface area contributed by atoms with Crippen LogP contribution in [0.3, 0.4) is 0 Å². The summed E-state index contributed by atoms with van der Waals surface area (Å²) < 4.78 is 8.92. The number of anilines is 3. The third kappa shape index (κ3) is 6.76. The average Bonchev–Trinajstić information content (AvgIpc) is 3.95. The van der Waals surface area contributed by atoms with Crippen LogP contribution >= 0.6 is 0 Å². The van der Waals surface area contributed by atoms with Gasteiger partial charge in [0.25, 0.3) is 0 Å². The highest BCUT2D eigenvalue weighted by Crippen LogP contribution is 2.42. The third-order valence-electron chi connectivity index (χ3n) is 13.4. The molecule has 2 heterocycles. The van der Waals surface area contributed by atoms with Gasteiger partial charge in [-0.3, -0.25) is 0 Å². The summed E-state index contributed by atoms with van der Waals surface area (Å²) in [5, 5.41) is 7.20. The van der Waals surface area contributed by atoms with Crippen LogP contribution in [0.1, 0.15) is 0 Å². The Bertz CT molecular complexity index is 3920. The molecular formula is C64H42N2O. The fraction of sp³-hybridized carbons (Fsp3) is 0. The molecule has 13 aromatic rings. The van der Waals surface area contributed by atoms with Gasteiger partial charge in [0.1, 0.15) is 11.2 Å². The first kappa shape index (κ1) is 38.5. The summed E-state index contributed by atoms with van der Waals surface area (Å²) in [7, 11) is 0. The number of para-hydroxylation sites is 2. The van der Waals surface area contributed by atoms with Crippen molar-refractivity contribution in [2.45, 2.75) is 0 Å². The van der Waals surface area contributed by atoms with Crippen molar-refractivity contribution in [3.8, 4) is 50.2 Å². The Morgan fingerprint density at radius 3 is 1.40 bits per heavy atom. The smallest absolute Gasteiger partial charge is 0.137 e. The number of fused-ring (bicyclic) bond motifs is 8. The fourth-order valence-corrected chi connectivity index (χ4v) is 10.1. The van der Waals surface area contributed by atoms with Crippen LogP contribution in [0.15, 0.2) is 259 Å². The van der Waals surface area contributed by atoms with E-state index < -0.39 is 0 Å². The minimum Gasteiger partial charge on any atom is -0.456 e. The van der Waals surface area contributed by atoms with Gasteiger partial charge < -0.3 is 13.9 Å². The van der Waals surface area contributed by atoms with Crippen molar-refractivity contribution in [2.75, 3.05) is 4.90 Å². The summed E-state index contributed by atoms with van der Waals surface area (Å²) in [4.78, 5) is 2.32. The summed E-state index contributed by atoms with van der Waals surface area (Å²) >= 11 is 0. The molecule has 2 aromatic heterocycles. The van der Waals surface area contributed by atoms with E-state index in [1.54, 1.807) is 0 Å². The first-order chi connectivity index (χ1) is 33.2. The van der Waals surface area contributed by atoms with Crippen molar-refractivity contribution in [3.05, 3.63) is 255 Å². The van der Waals surface area contributed by atoms with Gasteiger partial charge in [0.05, 0.1) is 11.0 Å². The van der Waals surface area contributed by atoms with E-state index in [0.717, 1.165) is 44.6 Å². The normalized spacial score (nSPS) is 11.6. The number of benzene rings is 11. The van der Waals surface area contributed by atoms with E-state index >= 15 is 0 Å². The second-order valence-corrected chi connectivity index (χ2v) is 17.3. The highest BCUT2D eigenvalue weighted by molar-refractivity contribution is 6.19. The van der Waals surface area contributed by atoms with Crippen LogP contribution in [0.25, 0.3) is 105 Å². The second-order valence-electron chi connectivity index (χ2n) is 17.3. The maximum atomic E-state index is 6.56. The number of hydrogen-bond acceptors (Lipinski definition) is 2. The summed E-state index contributed by atoms with van der Waals surface area (Å²) in [5.41, 5.74) is 18.0. The van der Waals surface area contributed by atoms with Gasteiger partial charge in [-0.25, -0.2) is 0 Å². The maximum Gasteiger partial charge on any atom is 0.137 e. The molecule has 3 nitrogen and oxygen atoms in total. The molecular weight excluding hydrogens is 813 g/mol. The van der Waals surface area contributed by atoms with Crippen LogP contribution < -0.4 is 4.90 Å². The standard InChI is InChI=1S/C64H42N2O/c1-3-11-43(12-4-1)47-27-33-53(34-28-47)65(55-37-38-58-63(42-55)67-62-40-32-50-13-7-8-16-56(50)64(58)62)54-35-29-48(30-36-54)46-21-19-44(20-22-46)45-23-25-49(26-24-45)51-31-39-61-59(41-51)57-17-9-10-18-60(57)66(61)52-14-5-2-6-15-52/h1-42H. The minimum atomic E-state index is 0.867. The number of hydrogen-bond donors (Lipinski definition) is 0. The SMILES string of the molecule is c1ccc(-c2ccc(N(c3ccc(-c4ccc(-c5ccc(-c6ccc7c(c6)c6ccccc6n7-c6ccccc6)cc5)cc4)cc3)c3ccc4c(c3)oc3ccc5ccccc5c34)cc2)cc1. The molecule has 0 unspecified atom stereocenters. The highest BCUT2D eigenvalue weighted by Gasteiger charge is 2.18. The Kier molecular flexibility index (Phi) is 9.17. The largest absolute Gasteiger partial charge is 0.456 e. The van der Waals surface area contributed by atoms with E-state index in [4.69, 9.17) is 4.42 Å². The number of nitrogens with zero attached hydrogens (tertiary/aromatic N) is 2. The molecule has 314 valence electrons. The van der Waals surface area contributed by atoms with Gasteiger partial charge >= 0.3 is 0 Å². The molecule has 0 fully saturated rings. The van der Waals surface area contributed by atoms with Crippen LogP contribution in [0, 0.1) is 0 Å². The lowest BCUT2D eigenvalue weighted by Crippen LogP contribution is -2.09. The highest BCUT2D eigenvalue weighted by atomic mass is 16.3. The lowest BCUT2D eigenvalue weighted by Gasteiger charge is -2.26. The summed E-state index contributed by atoms with van der Waals surface area (Å²) in [6.07, 6.45) is 0. The Balaban J connectivity index is 0.795. The van der Waals surface area contributed by atoms with Crippen molar-refractivity contribution >= 4 is 71.6 Å². The molecule has 67 heavy (non-hydrogen) atoms. The molecule has 0 saturated heterocycles. The lowest BCUT2D eigenvalue weighted by atomic mass is 9.97. The summed E-state index contributed by atoms with van der Waals surface area (Å²) in [6.45, 7) is 0. The van der Waals surface area contributed by atoms with Gasteiger partial charge in [-0.15, -0.1) is 0 Å². The van der Waals surface area contributed by atoms with Crippen molar-refractivity contribution < 1.29 is 4.42 Å². The van der Waals surface area contributed by atoms with Crippen LogP contribution in [0.5, 0.6) is 0 Å². The van der Waals surface area contributed by atoms with Crippen LogP contribution in [-0.4, -0.2) is 4.57 Å². The Labute approximate surface area is 388 Å². The molecule has 0 bridgehead atoms. The molecule has 0 N–H and O–H groups in total. The summed E-state index contributed by atoms with van der Waals surface area (Å²) in [5.74, 6) is 0. The van der Waals surface area contributed by atoms with Gasteiger partial charge in [0, 0.05) is 50.4 Å². The Morgan fingerprint density at radius 2 is 0.761 bits per heavy atom. The molecule has 0 saturated carbocycles. The van der Waals surface area contributed by atoms with Crippen LogP contribution in [-0.2, 0) is 0 Å². The Hall–Kier alpha value is -8.92. The van der Waals surface area contributed by atoms with Crippen molar-refractivity contribution in [3.63, 3.8) is 0 Å². The first-order valence-electron chi connectivity index (χ1n) is 22.9.